The molecule has 25 heavy (non-hydrogen) atoms. The maximum absolute atomic E-state index is 13.3. The van der Waals surface area contributed by atoms with Gasteiger partial charge in [0.2, 0.25) is 15.9 Å². The minimum absolute atomic E-state index is 0.0260. The number of benzene rings is 2. The molecule has 1 N–H and O–H groups in total. The zero-order chi connectivity index (χ0) is 18.6. The van der Waals surface area contributed by atoms with E-state index in [-0.39, 0.29) is 29.5 Å². The summed E-state index contributed by atoms with van der Waals surface area (Å²) in [5, 5.41) is 0. The van der Waals surface area contributed by atoms with E-state index in [0.29, 0.717) is 5.69 Å². The number of sulfonamides is 1. The zero-order valence-corrected chi connectivity index (χ0v) is 14.6. The molecule has 2 rings (SSSR count). The van der Waals surface area contributed by atoms with Gasteiger partial charge >= 0.3 is 0 Å². The predicted molar refractivity (Wildman–Crippen MR) is 90.8 cm³/mol. The number of rotatable bonds is 6. The molecule has 0 unspecified atom stereocenters. The van der Waals surface area contributed by atoms with Crippen molar-refractivity contribution >= 4 is 21.6 Å². The lowest BCUT2D eigenvalue weighted by atomic mass is 10.2. The third-order valence-electron chi connectivity index (χ3n) is 3.57. The average Bonchev–Trinajstić information content (AvgIpc) is 2.53. The highest BCUT2D eigenvalue weighted by molar-refractivity contribution is 7.89. The lowest BCUT2D eigenvalue weighted by molar-refractivity contribution is -0.116. The summed E-state index contributed by atoms with van der Waals surface area (Å²) >= 11 is 0. The van der Waals surface area contributed by atoms with Crippen molar-refractivity contribution in [1.29, 1.82) is 0 Å². The Morgan fingerprint density at radius 2 is 1.88 bits per heavy atom. The summed E-state index contributed by atoms with van der Waals surface area (Å²) in [5.74, 6) is -1.33. The highest BCUT2D eigenvalue weighted by atomic mass is 32.2. The van der Waals surface area contributed by atoms with Gasteiger partial charge in [-0.1, -0.05) is 6.07 Å². The summed E-state index contributed by atoms with van der Waals surface area (Å²) in [6.45, 7) is 2.73. The monoisotopic (exact) mass is 368 g/mol. The molecule has 0 bridgehead atoms. The lowest BCUT2D eigenvalue weighted by Gasteiger charge is -2.21. The van der Waals surface area contributed by atoms with Gasteiger partial charge < -0.3 is 4.90 Å². The van der Waals surface area contributed by atoms with Crippen molar-refractivity contribution in [2.24, 2.45) is 0 Å². The first kappa shape index (κ1) is 19.0. The van der Waals surface area contributed by atoms with Gasteiger partial charge in [0.05, 0.1) is 4.90 Å². The van der Waals surface area contributed by atoms with Gasteiger partial charge in [0.1, 0.15) is 11.6 Å². The molecule has 5 nitrogen and oxygen atoms in total. The third-order valence-corrected chi connectivity index (χ3v) is 5.03. The van der Waals surface area contributed by atoms with Crippen LogP contribution in [0.25, 0.3) is 0 Å². The van der Waals surface area contributed by atoms with Gasteiger partial charge in [0.25, 0.3) is 0 Å². The molecular formula is C17H18F2N2O3S. The van der Waals surface area contributed by atoms with Crippen molar-refractivity contribution in [3.05, 3.63) is 59.7 Å². The Balaban J connectivity index is 2.08. The topological polar surface area (TPSA) is 66.5 Å². The predicted octanol–water partition coefficient (Wildman–Crippen LogP) is 2.60. The molecule has 0 aliphatic rings. The lowest BCUT2D eigenvalue weighted by Crippen LogP contribution is -2.37. The molecule has 0 radical (unpaired) electrons. The Morgan fingerprint density at radius 1 is 1.16 bits per heavy atom. The van der Waals surface area contributed by atoms with Crippen molar-refractivity contribution in [3.8, 4) is 0 Å². The quantitative estimate of drug-likeness (QED) is 0.852. The van der Waals surface area contributed by atoms with E-state index in [1.165, 1.54) is 49.1 Å². The number of aryl methyl sites for hydroxylation is 1. The molecule has 1 amide bonds. The Kier molecular flexibility index (Phi) is 5.86. The zero-order valence-electron chi connectivity index (χ0n) is 13.8. The summed E-state index contributed by atoms with van der Waals surface area (Å²) in [6, 6.07) is 8.94. The molecule has 0 aromatic heterocycles. The normalized spacial score (nSPS) is 11.4. The Hall–Kier alpha value is -2.32. The average molecular weight is 368 g/mol. The maximum atomic E-state index is 13.3. The van der Waals surface area contributed by atoms with Crippen LogP contribution in [0.5, 0.6) is 0 Å². The standard InChI is InChI=1S/C17H18F2N2O3S/c1-12-10-16(6-7-17(12)19)25(23,24)20-8-9-21(13(2)22)15-5-3-4-14(18)11-15/h3-7,10-11,20H,8-9H2,1-2H3. The molecule has 2 aromatic carbocycles. The van der Waals surface area contributed by atoms with E-state index in [1.54, 1.807) is 6.07 Å². The van der Waals surface area contributed by atoms with Crippen molar-refractivity contribution in [2.45, 2.75) is 18.7 Å². The van der Waals surface area contributed by atoms with Crippen molar-refractivity contribution in [3.63, 3.8) is 0 Å². The van der Waals surface area contributed by atoms with Crippen molar-refractivity contribution < 1.29 is 22.0 Å². The second-order valence-electron chi connectivity index (χ2n) is 5.46. The molecule has 8 heteroatoms. The van der Waals surface area contributed by atoms with Crippen LogP contribution in [0.15, 0.2) is 47.4 Å². The molecule has 0 aliphatic heterocycles. The largest absolute Gasteiger partial charge is 0.311 e. The molecule has 0 fully saturated rings. The number of carbonyl (C=O) groups is 1. The summed E-state index contributed by atoms with van der Waals surface area (Å²) in [6.07, 6.45) is 0. The maximum Gasteiger partial charge on any atom is 0.240 e. The highest BCUT2D eigenvalue weighted by Gasteiger charge is 2.17. The molecule has 0 atom stereocenters. The molecule has 134 valence electrons. The SMILES string of the molecule is CC(=O)N(CCNS(=O)(=O)c1ccc(F)c(C)c1)c1cccc(F)c1. The van der Waals surface area contributed by atoms with E-state index in [9.17, 15) is 22.0 Å². The van der Waals surface area contributed by atoms with E-state index >= 15 is 0 Å². The second-order valence-corrected chi connectivity index (χ2v) is 7.23. The van der Waals surface area contributed by atoms with E-state index < -0.39 is 21.7 Å². The van der Waals surface area contributed by atoms with Crippen LogP contribution in [-0.2, 0) is 14.8 Å². The van der Waals surface area contributed by atoms with E-state index in [2.05, 4.69) is 4.72 Å². The van der Waals surface area contributed by atoms with Crippen LogP contribution in [0, 0.1) is 18.6 Å². The van der Waals surface area contributed by atoms with Gasteiger partial charge in [-0.05, 0) is 48.9 Å². The van der Waals surface area contributed by atoms with Gasteiger partial charge in [-0.15, -0.1) is 0 Å². The van der Waals surface area contributed by atoms with E-state index in [0.717, 1.165) is 6.07 Å². The number of anilines is 1. The number of hydrogen-bond donors (Lipinski definition) is 1. The number of nitrogens with one attached hydrogen (secondary N) is 1. The fourth-order valence-corrected chi connectivity index (χ4v) is 3.38. The van der Waals surface area contributed by atoms with Gasteiger partial charge in [0, 0.05) is 25.7 Å². The van der Waals surface area contributed by atoms with Crippen LogP contribution in [0.1, 0.15) is 12.5 Å². The van der Waals surface area contributed by atoms with Crippen molar-refractivity contribution in [1.82, 2.24) is 4.72 Å². The van der Waals surface area contributed by atoms with Crippen LogP contribution < -0.4 is 9.62 Å². The molecular weight excluding hydrogens is 350 g/mol. The van der Waals surface area contributed by atoms with Crippen LogP contribution in [-0.4, -0.2) is 27.4 Å². The number of nitrogens with zero attached hydrogens (tertiary/aromatic N) is 1. The molecule has 2 aromatic rings. The number of carbonyl (C=O) groups excluding carboxylic acids is 1. The summed E-state index contributed by atoms with van der Waals surface area (Å²) in [5.41, 5.74) is 0.553. The first-order valence-electron chi connectivity index (χ1n) is 7.50. The first-order chi connectivity index (χ1) is 11.7. The molecule has 0 saturated carbocycles. The van der Waals surface area contributed by atoms with Gasteiger partial charge in [-0.2, -0.15) is 0 Å². The minimum Gasteiger partial charge on any atom is -0.311 e. The van der Waals surface area contributed by atoms with Crippen LogP contribution >= 0.6 is 0 Å². The summed E-state index contributed by atoms with van der Waals surface area (Å²) < 4.78 is 53.4. The smallest absolute Gasteiger partial charge is 0.240 e. The Labute approximate surface area is 145 Å². The fraction of sp³-hybridized carbons (Fsp3) is 0.235. The Bertz CT molecular complexity index is 885. The van der Waals surface area contributed by atoms with Crippen LogP contribution in [0.3, 0.4) is 0 Å². The Morgan fingerprint density at radius 3 is 2.48 bits per heavy atom. The minimum atomic E-state index is -3.84. The molecule has 0 aliphatic carbocycles. The van der Waals surface area contributed by atoms with E-state index in [4.69, 9.17) is 0 Å². The second kappa shape index (κ2) is 7.71. The number of hydrogen-bond acceptors (Lipinski definition) is 3. The van der Waals surface area contributed by atoms with Gasteiger partial charge in [0.15, 0.2) is 0 Å². The van der Waals surface area contributed by atoms with Crippen LogP contribution in [0.2, 0.25) is 0 Å². The molecule has 0 spiro atoms. The van der Waals surface area contributed by atoms with Gasteiger partial charge in [-0.3, -0.25) is 4.79 Å². The van der Waals surface area contributed by atoms with Gasteiger partial charge in [-0.25, -0.2) is 21.9 Å². The highest BCUT2D eigenvalue weighted by Crippen LogP contribution is 2.16. The molecule has 0 heterocycles. The number of amides is 1. The summed E-state index contributed by atoms with van der Waals surface area (Å²) in [4.78, 5) is 12.9. The number of halogens is 2. The summed E-state index contributed by atoms with van der Waals surface area (Å²) in [7, 11) is -3.84. The fourth-order valence-electron chi connectivity index (χ4n) is 2.27. The van der Waals surface area contributed by atoms with E-state index in [1.807, 2.05) is 0 Å². The van der Waals surface area contributed by atoms with Crippen LogP contribution in [0.4, 0.5) is 14.5 Å². The van der Waals surface area contributed by atoms with Crippen molar-refractivity contribution in [2.75, 3.05) is 18.0 Å². The molecule has 0 saturated heterocycles. The third kappa shape index (κ3) is 4.83. The first-order valence-corrected chi connectivity index (χ1v) is 8.98.